The average molecular weight is 300 g/mol. The molecule has 0 aromatic heterocycles. The molecule has 2 rings (SSSR count). The third kappa shape index (κ3) is 5.87. The normalized spacial score (nSPS) is 18.1. The maximum Gasteiger partial charge on any atom is 0.119 e. The van der Waals surface area contributed by atoms with E-state index in [2.05, 4.69) is 37.3 Å². The molecule has 0 heterocycles. The van der Waals surface area contributed by atoms with Gasteiger partial charge in [0, 0.05) is 0 Å². The SMILES string of the molecule is CCCCCC1CC=C(CCc2ccc(OCC)cc2)CC1. The molecule has 1 aliphatic carbocycles. The summed E-state index contributed by atoms with van der Waals surface area (Å²) in [7, 11) is 0. The van der Waals surface area contributed by atoms with Crippen LogP contribution in [0.25, 0.3) is 0 Å². The van der Waals surface area contributed by atoms with Crippen LogP contribution in [0.1, 0.15) is 70.8 Å². The Morgan fingerprint density at radius 1 is 1.05 bits per heavy atom. The highest BCUT2D eigenvalue weighted by Crippen LogP contribution is 2.29. The monoisotopic (exact) mass is 300 g/mol. The van der Waals surface area contributed by atoms with E-state index in [4.69, 9.17) is 4.74 Å². The zero-order valence-corrected chi connectivity index (χ0v) is 14.4. The highest BCUT2D eigenvalue weighted by molar-refractivity contribution is 5.28. The van der Waals surface area contributed by atoms with Gasteiger partial charge in [0.25, 0.3) is 0 Å². The first kappa shape index (κ1) is 17.1. The van der Waals surface area contributed by atoms with Gasteiger partial charge in [-0.1, -0.05) is 56.4 Å². The number of allylic oxidation sites excluding steroid dienone is 2. The lowest BCUT2D eigenvalue weighted by Gasteiger charge is -2.22. The minimum Gasteiger partial charge on any atom is -0.494 e. The van der Waals surface area contributed by atoms with Crippen LogP contribution in [-0.2, 0) is 6.42 Å². The average Bonchev–Trinajstić information content (AvgIpc) is 2.56. The highest BCUT2D eigenvalue weighted by Gasteiger charge is 2.13. The highest BCUT2D eigenvalue weighted by atomic mass is 16.5. The predicted molar refractivity (Wildman–Crippen MR) is 95.5 cm³/mol. The number of unbranched alkanes of at least 4 members (excludes halogenated alkanes) is 2. The fourth-order valence-corrected chi connectivity index (χ4v) is 3.34. The number of hydrogen-bond acceptors (Lipinski definition) is 1. The van der Waals surface area contributed by atoms with Crippen LogP contribution in [0, 0.1) is 5.92 Å². The Labute approximate surface area is 136 Å². The maximum absolute atomic E-state index is 5.50. The van der Waals surface area contributed by atoms with Crippen molar-refractivity contribution in [3.05, 3.63) is 41.5 Å². The predicted octanol–water partition coefficient (Wildman–Crippen LogP) is 6.32. The molecule has 1 aliphatic rings. The van der Waals surface area contributed by atoms with E-state index in [0.717, 1.165) is 18.3 Å². The number of benzene rings is 1. The van der Waals surface area contributed by atoms with Crippen molar-refractivity contribution in [2.45, 2.75) is 71.6 Å². The van der Waals surface area contributed by atoms with Crippen LogP contribution in [0.3, 0.4) is 0 Å². The molecular formula is C21H32O. The Morgan fingerprint density at radius 3 is 2.50 bits per heavy atom. The molecule has 0 radical (unpaired) electrons. The zero-order valence-electron chi connectivity index (χ0n) is 14.4. The number of rotatable bonds is 9. The third-order valence-corrected chi connectivity index (χ3v) is 4.80. The summed E-state index contributed by atoms with van der Waals surface area (Å²) in [6.45, 7) is 5.06. The lowest BCUT2D eigenvalue weighted by molar-refractivity contribution is 0.340. The fourth-order valence-electron chi connectivity index (χ4n) is 3.34. The van der Waals surface area contributed by atoms with Crippen molar-refractivity contribution in [2.24, 2.45) is 5.92 Å². The van der Waals surface area contributed by atoms with Crippen LogP contribution in [0.5, 0.6) is 5.75 Å². The maximum atomic E-state index is 5.50. The van der Waals surface area contributed by atoms with Gasteiger partial charge in [-0.15, -0.1) is 0 Å². The van der Waals surface area contributed by atoms with E-state index in [1.54, 1.807) is 5.57 Å². The quantitative estimate of drug-likeness (QED) is 0.383. The lowest BCUT2D eigenvalue weighted by Crippen LogP contribution is -2.06. The Balaban J connectivity index is 1.71. The number of ether oxygens (including phenoxy) is 1. The summed E-state index contributed by atoms with van der Waals surface area (Å²) in [5.41, 5.74) is 3.11. The van der Waals surface area contributed by atoms with Gasteiger partial charge in [-0.2, -0.15) is 0 Å². The van der Waals surface area contributed by atoms with Gasteiger partial charge in [-0.25, -0.2) is 0 Å². The van der Waals surface area contributed by atoms with Crippen LogP contribution in [0.4, 0.5) is 0 Å². The van der Waals surface area contributed by atoms with E-state index >= 15 is 0 Å². The van der Waals surface area contributed by atoms with E-state index in [0.29, 0.717) is 0 Å². The van der Waals surface area contributed by atoms with Crippen LogP contribution in [-0.4, -0.2) is 6.61 Å². The van der Waals surface area contributed by atoms with Crippen molar-refractivity contribution in [1.82, 2.24) is 0 Å². The first-order valence-corrected chi connectivity index (χ1v) is 9.21. The Kier molecular flexibility index (Phi) is 7.56. The number of hydrogen-bond donors (Lipinski definition) is 0. The molecule has 0 saturated heterocycles. The molecule has 0 saturated carbocycles. The van der Waals surface area contributed by atoms with Crippen LogP contribution in [0.15, 0.2) is 35.9 Å². The first-order chi connectivity index (χ1) is 10.8. The van der Waals surface area contributed by atoms with Crippen molar-refractivity contribution in [2.75, 3.05) is 6.61 Å². The zero-order chi connectivity index (χ0) is 15.6. The molecule has 22 heavy (non-hydrogen) atoms. The van der Waals surface area contributed by atoms with E-state index in [-0.39, 0.29) is 0 Å². The molecule has 1 aromatic carbocycles. The first-order valence-electron chi connectivity index (χ1n) is 9.21. The summed E-state index contributed by atoms with van der Waals surface area (Å²) in [6.07, 6.45) is 14.6. The summed E-state index contributed by atoms with van der Waals surface area (Å²) in [5, 5.41) is 0. The van der Waals surface area contributed by atoms with E-state index < -0.39 is 0 Å². The Morgan fingerprint density at radius 2 is 1.86 bits per heavy atom. The molecule has 0 N–H and O–H groups in total. The third-order valence-electron chi connectivity index (χ3n) is 4.80. The molecule has 1 heteroatoms. The van der Waals surface area contributed by atoms with E-state index in [1.165, 1.54) is 63.4 Å². The van der Waals surface area contributed by atoms with Gasteiger partial charge in [0.1, 0.15) is 5.75 Å². The van der Waals surface area contributed by atoms with Gasteiger partial charge in [-0.3, -0.25) is 0 Å². The van der Waals surface area contributed by atoms with Gasteiger partial charge in [0.15, 0.2) is 0 Å². The van der Waals surface area contributed by atoms with Crippen molar-refractivity contribution in [3.63, 3.8) is 0 Å². The van der Waals surface area contributed by atoms with Gasteiger partial charge >= 0.3 is 0 Å². The second-order valence-corrected chi connectivity index (χ2v) is 6.58. The minimum atomic E-state index is 0.742. The molecule has 0 bridgehead atoms. The molecule has 0 spiro atoms. The van der Waals surface area contributed by atoms with Gasteiger partial charge < -0.3 is 4.74 Å². The second kappa shape index (κ2) is 9.71. The summed E-state index contributed by atoms with van der Waals surface area (Å²) >= 11 is 0. The number of aryl methyl sites for hydroxylation is 1. The van der Waals surface area contributed by atoms with Crippen molar-refractivity contribution >= 4 is 0 Å². The molecule has 0 aliphatic heterocycles. The summed E-state index contributed by atoms with van der Waals surface area (Å²) in [4.78, 5) is 0. The topological polar surface area (TPSA) is 9.23 Å². The van der Waals surface area contributed by atoms with E-state index in [9.17, 15) is 0 Å². The van der Waals surface area contributed by atoms with Crippen molar-refractivity contribution < 1.29 is 4.74 Å². The molecule has 0 amide bonds. The molecular weight excluding hydrogens is 268 g/mol. The van der Waals surface area contributed by atoms with Crippen LogP contribution in [0.2, 0.25) is 0 Å². The standard InChI is InChI=1S/C21H32O/c1-3-5-6-7-18-8-10-19(11-9-18)12-13-20-14-16-21(17-15-20)22-4-2/h10,14-18H,3-9,11-13H2,1-2H3. The largest absolute Gasteiger partial charge is 0.494 e. The van der Waals surface area contributed by atoms with E-state index in [1.807, 2.05) is 6.92 Å². The summed E-state index contributed by atoms with van der Waals surface area (Å²) in [6, 6.07) is 8.61. The molecule has 122 valence electrons. The molecule has 0 fully saturated rings. The molecule has 1 atom stereocenters. The minimum absolute atomic E-state index is 0.742. The van der Waals surface area contributed by atoms with Crippen LogP contribution >= 0.6 is 0 Å². The van der Waals surface area contributed by atoms with Gasteiger partial charge in [0.05, 0.1) is 6.61 Å². The Bertz CT molecular complexity index is 443. The van der Waals surface area contributed by atoms with Gasteiger partial charge in [0.2, 0.25) is 0 Å². The van der Waals surface area contributed by atoms with Crippen LogP contribution < -0.4 is 4.74 Å². The molecule has 1 nitrogen and oxygen atoms in total. The molecule has 1 aromatic rings. The summed E-state index contributed by atoms with van der Waals surface area (Å²) < 4.78 is 5.50. The lowest BCUT2D eigenvalue weighted by atomic mass is 9.84. The molecule has 1 unspecified atom stereocenters. The summed E-state index contributed by atoms with van der Waals surface area (Å²) in [5.74, 6) is 1.94. The van der Waals surface area contributed by atoms with Gasteiger partial charge in [-0.05, 0) is 62.6 Å². The van der Waals surface area contributed by atoms with Crippen molar-refractivity contribution in [3.8, 4) is 5.75 Å². The second-order valence-electron chi connectivity index (χ2n) is 6.58. The fraction of sp³-hybridized carbons (Fsp3) is 0.619. The Hall–Kier alpha value is -1.24. The smallest absolute Gasteiger partial charge is 0.119 e. The van der Waals surface area contributed by atoms with Crippen molar-refractivity contribution in [1.29, 1.82) is 0 Å².